The third kappa shape index (κ3) is 8.03. The molecule has 0 radical (unpaired) electrons. The largest absolute Gasteiger partial charge is 0.467 e. The number of nitrogens with one attached hydrogen (secondary N) is 2. The van der Waals surface area contributed by atoms with Crippen LogP contribution in [-0.2, 0) is 28.7 Å². The molecule has 0 saturated carbocycles. The maximum Gasteiger partial charge on any atom is 0.328 e. The minimum atomic E-state index is -0.795. The van der Waals surface area contributed by atoms with Gasteiger partial charge in [0.05, 0.1) is 14.2 Å². The molecule has 2 N–H and O–H groups in total. The van der Waals surface area contributed by atoms with Crippen LogP contribution in [0.3, 0.4) is 0 Å². The van der Waals surface area contributed by atoms with E-state index in [0.29, 0.717) is 0 Å². The van der Waals surface area contributed by atoms with Crippen LogP contribution in [0.4, 0.5) is 0 Å². The van der Waals surface area contributed by atoms with Gasteiger partial charge in [0, 0.05) is 13.8 Å². The Bertz CT molecular complexity index is 407. The molecule has 124 valence electrons. The first-order chi connectivity index (χ1) is 10.3. The Morgan fingerprint density at radius 2 is 1.14 bits per heavy atom. The van der Waals surface area contributed by atoms with Crippen molar-refractivity contribution < 1.29 is 28.7 Å². The number of esters is 2. The van der Waals surface area contributed by atoms with Crippen molar-refractivity contribution in [2.45, 2.75) is 38.8 Å². The molecule has 0 aliphatic rings. The lowest BCUT2D eigenvalue weighted by atomic mass is 10.1. The van der Waals surface area contributed by atoms with Crippen LogP contribution in [0.25, 0.3) is 0 Å². The van der Waals surface area contributed by atoms with Gasteiger partial charge in [-0.15, -0.1) is 0 Å². The number of amides is 2. The molecule has 0 heterocycles. The van der Waals surface area contributed by atoms with E-state index >= 15 is 0 Å². The minimum absolute atomic E-state index is 0.209. The predicted molar refractivity (Wildman–Crippen MR) is 77.6 cm³/mol. The molecule has 0 aromatic rings. The van der Waals surface area contributed by atoms with E-state index in [0.717, 1.165) is 0 Å². The van der Waals surface area contributed by atoms with E-state index in [4.69, 9.17) is 0 Å². The molecule has 2 atom stereocenters. The molecular formula is C14H22N2O6. The molecule has 22 heavy (non-hydrogen) atoms. The smallest absolute Gasteiger partial charge is 0.328 e. The number of hydrogen-bond donors (Lipinski definition) is 2. The van der Waals surface area contributed by atoms with Crippen LogP contribution >= 0.6 is 0 Å². The van der Waals surface area contributed by atoms with Crippen LogP contribution in [0.1, 0.15) is 26.7 Å². The molecular weight excluding hydrogens is 292 g/mol. The zero-order valence-electron chi connectivity index (χ0n) is 13.2. The van der Waals surface area contributed by atoms with Gasteiger partial charge >= 0.3 is 11.9 Å². The van der Waals surface area contributed by atoms with Crippen molar-refractivity contribution in [1.29, 1.82) is 0 Å². The monoisotopic (exact) mass is 314 g/mol. The second-order valence-electron chi connectivity index (χ2n) is 4.50. The van der Waals surface area contributed by atoms with E-state index in [-0.39, 0.29) is 24.7 Å². The predicted octanol–water partition coefficient (Wildman–Crippen LogP) is -0.322. The number of ether oxygens (including phenoxy) is 2. The number of rotatable bonds is 8. The first-order valence-corrected chi connectivity index (χ1v) is 6.66. The van der Waals surface area contributed by atoms with Gasteiger partial charge in [0.25, 0.3) is 0 Å². The number of methoxy groups -OCH3 is 2. The summed E-state index contributed by atoms with van der Waals surface area (Å²) in [5, 5.41) is 4.92. The van der Waals surface area contributed by atoms with Crippen molar-refractivity contribution in [2.24, 2.45) is 0 Å². The van der Waals surface area contributed by atoms with Gasteiger partial charge in [-0.05, 0) is 12.8 Å². The van der Waals surface area contributed by atoms with E-state index in [1.54, 1.807) is 12.2 Å². The van der Waals surface area contributed by atoms with Crippen molar-refractivity contribution in [3.63, 3.8) is 0 Å². The maximum absolute atomic E-state index is 11.5. The Morgan fingerprint density at radius 3 is 1.36 bits per heavy atom. The highest BCUT2D eigenvalue weighted by Gasteiger charge is 2.20. The lowest BCUT2D eigenvalue weighted by Crippen LogP contribution is -2.40. The van der Waals surface area contributed by atoms with E-state index in [9.17, 15) is 19.2 Å². The Hall–Kier alpha value is -2.38. The summed E-state index contributed by atoms with van der Waals surface area (Å²) >= 11 is 0. The van der Waals surface area contributed by atoms with Gasteiger partial charge in [0.2, 0.25) is 11.8 Å². The molecule has 0 aromatic carbocycles. The summed E-state index contributed by atoms with van der Waals surface area (Å²) in [4.78, 5) is 45.0. The fourth-order valence-electron chi connectivity index (χ4n) is 1.67. The van der Waals surface area contributed by atoms with E-state index in [2.05, 4.69) is 20.1 Å². The first-order valence-electron chi connectivity index (χ1n) is 6.66. The van der Waals surface area contributed by atoms with Gasteiger partial charge in [-0.25, -0.2) is 9.59 Å². The molecule has 0 spiro atoms. The van der Waals surface area contributed by atoms with E-state index in [1.165, 1.54) is 28.1 Å². The van der Waals surface area contributed by atoms with Gasteiger partial charge in [-0.3, -0.25) is 9.59 Å². The Labute approximate surface area is 129 Å². The second-order valence-corrected chi connectivity index (χ2v) is 4.50. The highest BCUT2D eigenvalue weighted by atomic mass is 16.5. The highest BCUT2D eigenvalue weighted by molar-refractivity contribution is 5.84. The van der Waals surface area contributed by atoms with Crippen LogP contribution < -0.4 is 10.6 Å². The van der Waals surface area contributed by atoms with Gasteiger partial charge < -0.3 is 20.1 Å². The lowest BCUT2D eigenvalue weighted by molar-refractivity contribution is -0.145. The van der Waals surface area contributed by atoms with Crippen molar-refractivity contribution in [1.82, 2.24) is 10.6 Å². The van der Waals surface area contributed by atoms with Crippen LogP contribution in [0, 0.1) is 0 Å². The summed E-state index contributed by atoms with van der Waals surface area (Å²) in [6.45, 7) is 2.59. The lowest BCUT2D eigenvalue weighted by Gasteiger charge is -2.14. The zero-order chi connectivity index (χ0) is 17.1. The molecule has 0 rings (SSSR count). The average Bonchev–Trinajstić information content (AvgIpc) is 2.46. The topological polar surface area (TPSA) is 111 Å². The van der Waals surface area contributed by atoms with Gasteiger partial charge in [-0.2, -0.15) is 0 Å². The van der Waals surface area contributed by atoms with Crippen molar-refractivity contribution in [3.8, 4) is 0 Å². The molecule has 0 aliphatic heterocycles. The third-order valence-corrected chi connectivity index (χ3v) is 2.64. The maximum atomic E-state index is 11.5. The van der Waals surface area contributed by atoms with Crippen LogP contribution in [0.5, 0.6) is 0 Å². The molecule has 0 aromatic heterocycles. The third-order valence-electron chi connectivity index (χ3n) is 2.64. The summed E-state index contributed by atoms with van der Waals surface area (Å²) in [6, 6.07) is -1.59. The molecule has 0 bridgehead atoms. The standard InChI is InChI=1S/C14H22N2O6/c1-9(17)15-11(13(19)21-3)7-5-6-8-12(14(20)22-4)16-10(2)18/h5-6,11-12H,7-8H2,1-4H3,(H,15,17)(H,16,18)/b6-5+. The van der Waals surface area contributed by atoms with Crippen LogP contribution in [-0.4, -0.2) is 50.1 Å². The summed E-state index contributed by atoms with van der Waals surface area (Å²) in [5.41, 5.74) is 0. The number of carbonyl (C=O) groups excluding carboxylic acids is 4. The SMILES string of the molecule is COC(=O)C(C/C=C/CC(NC(C)=O)C(=O)OC)NC(C)=O. The first kappa shape index (κ1) is 19.6. The van der Waals surface area contributed by atoms with Gasteiger partial charge in [0.15, 0.2) is 0 Å². The minimum Gasteiger partial charge on any atom is -0.467 e. The summed E-state index contributed by atoms with van der Waals surface area (Å²) < 4.78 is 9.16. The van der Waals surface area contributed by atoms with Crippen molar-refractivity contribution in [2.75, 3.05) is 14.2 Å². The Balaban J connectivity index is 4.59. The summed E-state index contributed by atoms with van der Waals surface area (Å²) in [7, 11) is 2.45. The van der Waals surface area contributed by atoms with E-state index < -0.39 is 24.0 Å². The van der Waals surface area contributed by atoms with Crippen LogP contribution in [0.15, 0.2) is 12.2 Å². The van der Waals surface area contributed by atoms with Crippen molar-refractivity contribution >= 4 is 23.8 Å². The molecule has 0 saturated heterocycles. The Kier molecular flexibility index (Phi) is 9.24. The fraction of sp³-hybridized carbons (Fsp3) is 0.571. The summed E-state index contributed by atoms with van der Waals surface area (Å²) in [5.74, 6) is -1.83. The molecule has 8 nitrogen and oxygen atoms in total. The van der Waals surface area contributed by atoms with Gasteiger partial charge in [0.1, 0.15) is 12.1 Å². The fourth-order valence-corrected chi connectivity index (χ4v) is 1.67. The number of carbonyl (C=O) groups is 4. The molecule has 2 unspecified atom stereocenters. The highest BCUT2D eigenvalue weighted by Crippen LogP contribution is 2.01. The normalized spacial score (nSPS) is 13.1. The van der Waals surface area contributed by atoms with E-state index in [1.807, 2.05) is 0 Å². The molecule has 8 heteroatoms. The summed E-state index contributed by atoms with van der Waals surface area (Å²) in [6.07, 6.45) is 3.66. The van der Waals surface area contributed by atoms with Crippen LogP contribution in [0.2, 0.25) is 0 Å². The second kappa shape index (κ2) is 10.4. The Morgan fingerprint density at radius 1 is 0.818 bits per heavy atom. The molecule has 0 fully saturated rings. The van der Waals surface area contributed by atoms with Crippen molar-refractivity contribution in [3.05, 3.63) is 12.2 Å². The quantitative estimate of drug-likeness (QED) is 0.469. The van der Waals surface area contributed by atoms with Gasteiger partial charge in [-0.1, -0.05) is 12.2 Å². The number of hydrogen-bond acceptors (Lipinski definition) is 6. The molecule has 0 aliphatic carbocycles. The average molecular weight is 314 g/mol. The zero-order valence-corrected chi connectivity index (χ0v) is 13.2. The molecule has 2 amide bonds.